The third kappa shape index (κ3) is 4.56. The quantitative estimate of drug-likeness (QED) is 0.418. The van der Waals surface area contributed by atoms with Crippen LogP contribution in [0.2, 0.25) is 0 Å². The van der Waals surface area contributed by atoms with E-state index in [0.717, 1.165) is 6.29 Å². The lowest BCUT2D eigenvalue weighted by molar-refractivity contribution is -0.104. The summed E-state index contributed by atoms with van der Waals surface area (Å²) in [5.41, 5.74) is 5.55. The Labute approximate surface area is 134 Å². The Morgan fingerprint density at radius 3 is 2.45 bits per heavy atom. The van der Waals surface area contributed by atoms with Gasteiger partial charge in [0.15, 0.2) is 0 Å². The molecule has 0 unspecified atom stereocenters. The van der Waals surface area contributed by atoms with Crippen LogP contribution in [0.3, 0.4) is 0 Å². The molecule has 1 aromatic rings. The van der Waals surface area contributed by atoms with E-state index in [1.165, 1.54) is 54.0 Å². The van der Waals surface area contributed by atoms with Crippen molar-refractivity contribution in [1.82, 2.24) is 0 Å². The molecule has 1 aromatic carbocycles. The Hall–Kier alpha value is -1.89. The fourth-order valence-corrected chi connectivity index (χ4v) is 2.80. The van der Waals surface area contributed by atoms with Gasteiger partial charge in [-0.1, -0.05) is 63.3 Å². The average Bonchev–Trinajstić information content (AvgIpc) is 2.49. The van der Waals surface area contributed by atoms with Crippen LogP contribution >= 0.6 is 0 Å². The monoisotopic (exact) mass is 294 g/mol. The number of hydrogen-bond donors (Lipinski definition) is 0. The second-order valence-electron chi connectivity index (χ2n) is 6.96. The number of rotatable bonds is 4. The lowest BCUT2D eigenvalue weighted by Gasteiger charge is -2.20. The summed E-state index contributed by atoms with van der Waals surface area (Å²) >= 11 is 0. The van der Waals surface area contributed by atoms with Gasteiger partial charge in [-0.3, -0.25) is 4.79 Å². The van der Waals surface area contributed by atoms with E-state index in [-0.39, 0.29) is 5.41 Å². The maximum Gasteiger partial charge on any atom is 0.142 e. The SMILES string of the molecule is CC(C)(C)C(=C\C=C\C=O)/C=C/c1ccc2c(c1)CCCC2. The fraction of sp³-hybridized carbons (Fsp3) is 0.381. The van der Waals surface area contributed by atoms with E-state index in [1.54, 1.807) is 0 Å². The largest absolute Gasteiger partial charge is 0.299 e. The van der Waals surface area contributed by atoms with Gasteiger partial charge in [0.1, 0.15) is 6.29 Å². The van der Waals surface area contributed by atoms with E-state index < -0.39 is 0 Å². The van der Waals surface area contributed by atoms with Gasteiger partial charge in [0.25, 0.3) is 0 Å². The standard InChI is InChI=1S/C21H26O/c1-21(2,3)20(10-6-7-15-22)14-12-17-11-13-18-8-4-5-9-19(18)16-17/h6-7,10-16H,4-5,8-9H2,1-3H3/b7-6+,14-12+,20-10-. The van der Waals surface area contributed by atoms with Gasteiger partial charge >= 0.3 is 0 Å². The highest BCUT2D eigenvalue weighted by atomic mass is 16.1. The van der Waals surface area contributed by atoms with E-state index in [9.17, 15) is 4.79 Å². The molecule has 0 atom stereocenters. The Balaban J connectivity index is 2.22. The summed E-state index contributed by atoms with van der Waals surface area (Å²) in [5.74, 6) is 0. The fourth-order valence-electron chi connectivity index (χ4n) is 2.80. The summed E-state index contributed by atoms with van der Waals surface area (Å²) in [6, 6.07) is 6.82. The van der Waals surface area contributed by atoms with Crippen molar-refractivity contribution in [2.24, 2.45) is 5.41 Å². The number of aryl methyl sites for hydroxylation is 2. The Morgan fingerprint density at radius 2 is 1.77 bits per heavy atom. The lowest BCUT2D eigenvalue weighted by atomic mass is 9.85. The molecule has 116 valence electrons. The second kappa shape index (κ2) is 7.40. The summed E-state index contributed by atoms with van der Waals surface area (Å²) in [4.78, 5) is 10.4. The molecule has 0 saturated carbocycles. The molecule has 0 heterocycles. The molecule has 0 spiro atoms. The first-order valence-electron chi connectivity index (χ1n) is 8.13. The molecule has 0 N–H and O–H groups in total. The van der Waals surface area contributed by atoms with E-state index >= 15 is 0 Å². The van der Waals surface area contributed by atoms with Crippen LogP contribution in [-0.4, -0.2) is 6.29 Å². The van der Waals surface area contributed by atoms with E-state index in [0.29, 0.717) is 0 Å². The van der Waals surface area contributed by atoms with Crippen molar-refractivity contribution in [3.05, 3.63) is 64.8 Å². The number of allylic oxidation sites excluding steroid dienone is 5. The van der Waals surface area contributed by atoms with E-state index in [2.05, 4.69) is 51.1 Å². The number of hydrogen-bond acceptors (Lipinski definition) is 1. The van der Waals surface area contributed by atoms with Gasteiger partial charge in [-0.05, 0) is 59.4 Å². The third-order valence-electron chi connectivity index (χ3n) is 4.16. The van der Waals surface area contributed by atoms with Crippen molar-refractivity contribution in [3.63, 3.8) is 0 Å². The zero-order valence-corrected chi connectivity index (χ0v) is 13.9. The molecule has 0 bridgehead atoms. The molecule has 1 aliphatic carbocycles. The Bertz CT molecular complexity index is 609. The minimum atomic E-state index is 0.0535. The molecule has 22 heavy (non-hydrogen) atoms. The number of fused-ring (bicyclic) bond motifs is 1. The van der Waals surface area contributed by atoms with Crippen LogP contribution in [0, 0.1) is 5.41 Å². The highest BCUT2D eigenvalue weighted by Crippen LogP contribution is 2.28. The normalized spacial score (nSPS) is 16.2. The summed E-state index contributed by atoms with van der Waals surface area (Å²) in [5, 5.41) is 0. The van der Waals surface area contributed by atoms with Crippen LogP contribution < -0.4 is 0 Å². The van der Waals surface area contributed by atoms with E-state index in [4.69, 9.17) is 0 Å². The number of carbonyl (C=O) groups is 1. The Morgan fingerprint density at radius 1 is 1.05 bits per heavy atom. The summed E-state index contributed by atoms with van der Waals surface area (Å²) < 4.78 is 0. The lowest BCUT2D eigenvalue weighted by Crippen LogP contribution is -2.07. The molecule has 1 nitrogen and oxygen atoms in total. The number of aldehydes is 1. The minimum Gasteiger partial charge on any atom is -0.299 e. The predicted octanol–water partition coefficient (Wildman–Crippen LogP) is 5.31. The van der Waals surface area contributed by atoms with Gasteiger partial charge in [0.05, 0.1) is 0 Å². The maximum absolute atomic E-state index is 10.4. The third-order valence-corrected chi connectivity index (χ3v) is 4.16. The zero-order valence-electron chi connectivity index (χ0n) is 13.9. The first kappa shape index (κ1) is 16.5. The Kier molecular flexibility index (Phi) is 5.54. The first-order chi connectivity index (χ1) is 10.5. The van der Waals surface area contributed by atoms with Crippen molar-refractivity contribution in [2.45, 2.75) is 46.5 Å². The molecule has 0 aromatic heterocycles. The number of carbonyl (C=O) groups excluding carboxylic acids is 1. The second-order valence-corrected chi connectivity index (χ2v) is 6.96. The molecular formula is C21H26O. The first-order valence-corrected chi connectivity index (χ1v) is 8.13. The molecule has 0 fully saturated rings. The van der Waals surface area contributed by atoms with Gasteiger partial charge in [-0.15, -0.1) is 0 Å². The summed E-state index contributed by atoms with van der Waals surface area (Å²) in [6.07, 6.45) is 15.6. The topological polar surface area (TPSA) is 17.1 Å². The highest BCUT2D eigenvalue weighted by Gasteiger charge is 2.14. The van der Waals surface area contributed by atoms with Crippen molar-refractivity contribution in [1.29, 1.82) is 0 Å². The summed E-state index contributed by atoms with van der Waals surface area (Å²) in [6.45, 7) is 6.56. The van der Waals surface area contributed by atoms with Gasteiger partial charge in [-0.25, -0.2) is 0 Å². The van der Waals surface area contributed by atoms with Crippen molar-refractivity contribution in [2.75, 3.05) is 0 Å². The molecular weight excluding hydrogens is 268 g/mol. The summed E-state index contributed by atoms with van der Waals surface area (Å²) in [7, 11) is 0. The maximum atomic E-state index is 10.4. The minimum absolute atomic E-state index is 0.0535. The van der Waals surface area contributed by atoms with Crippen LogP contribution in [0.5, 0.6) is 0 Å². The van der Waals surface area contributed by atoms with E-state index in [1.807, 2.05) is 12.2 Å². The van der Waals surface area contributed by atoms with Gasteiger partial charge in [0.2, 0.25) is 0 Å². The van der Waals surface area contributed by atoms with Gasteiger partial charge < -0.3 is 0 Å². The van der Waals surface area contributed by atoms with Crippen molar-refractivity contribution >= 4 is 12.4 Å². The average molecular weight is 294 g/mol. The molecule has 0 radical (unpaired) electrons. The molecule has 2 rings (SSSR count). The van der Waals surface area contributed by atoms with Crippen LogP contribution in [0.15, 0.2) is 48.1 Å². The predicted molar refractivity (Wildman–Crippen MR) is 94.9 cm³/mol. The van der Waals surface area contributed by atoms with Gasteiger partial charge in [0, 0.05) is 0 Å². The van der Waals surface area contributed by atoms with Crippen LogP contribution in [0.25, 0.3) is 6.08 Å². The van der Waals surface area contributed by atoms with Crippen LogP contribution in [0.1, 0.15) is 50.3 Å². The molecule has 0 aliphatic heterocycles. The van der Waals surface area contributed by atoms with Crippen molar-refractivity contribution in [3.8, 4) is 0 Å². The molecule has 1 aliphatic rings. The van der Waals surface area contributed by atoms with Crippen LogP contribution in [-0.2, 0) is 17.6 Å². The number of benzene rings is 1. The molecule has 1 heteroatoms. The van der Waals surface area contributed by atoms with Crippen LogP contribution in [0.4, 0.5) is 0 Å². The highest BCUT2D eigenvalue weighted by molar-refractivity contribution is 5.65. The zero-order chi connectivity index (χ0) is 16.0. The smallest absolute Gasteiger partial charge is 0.142 e. The van der Waals surface area contributed by atoms with Crippen molar-refractivity contribution < 1.29 is 4.79 Å². The van der Waals surface area contributed by atoms with Gasteiger partial charge in [-0.2, -0.15) is 0 Å². The molecule has 0 saturated heterocycles. The molecule has 0 amide bonds.